The van der Waals surface area contributed by atoms with E-state index in [0.29, 0.717) is 6.54 Å². The molecule has 6 nitrogen and oxygen atoms in total. The summed E-state index contributed by atoms with van der Waals surface area (Å²) >= 11 is 1.74. The number of nitrogens with zero attached hydrogens (tertiary/aromatic N) is 4. The van der Waals surface area contributed by atoms with Crippen molar-refractivity contribution < 1.29 is 4.79 Å². The average molecular weight is 367 g/mol. The van der Waals surface area contributed by atoms with E-state index in [4.69, 9.17) is 4.98 Å². The first kappa shape index (κ1) is 16.9. The Morgan fingerprint density at radius 1 is 1.38 bits per heavy atom. The van der Waals surface area contributed by atoms with Gasteiger partial charge < -0.3 is 5.32 Å². The number of hydrogen-bond acceptors (Lipinski definition) is 5. The van der Waals surface area contributed by atoms with Crippen molar-refractivity contribution >= 4 is 17.2 Å². The molecular formula is C19H21N5OS. The second-order valence-corrected chi connectivity index (χ2v) is 7.78. The summed E-state index contributed by atoms with van der Waals surface area (Å²) in [5, 5.41) is 8.40. The zero-order valence-electron chi connectivity index (χ0n) is 14.9. The first-order chi connectivity index (χ1) is 12.6. The number of aryl methyl sites for hydroxylation is 3. The summed E-state index contributed by atoms with van der Waals surface area (Å²) in [5.74, 6) is 0.101. The first-order valence-corrected chi connectivity index (χ1v) is 9.57. The molecule has 1 aliphatic rings. The number of carbonyl (C=O) groups is 1. The van der Waals surface area contributed by atoms with Gasteiger partial charge >= 0.3 is 0 Å². The van der Waals surface area contributed by atoms with Crippen LogP contribution in [-0.4, -0.2) is 25.7 Å². The van der Waals surface area contributed by atoms with Gasteiger partial charge in [0.05, 0.1) is 11.4 Å². The van der Waals surface area contributed by atoms with Crippen LogP contribution in [0.3, 0.4) is 0 Å². The highest BCUT2D eigenvalue weighted by molar-refractivity contribution is 7.15. The van der Waals surface area contributed by atoms with Gasteiger partial charge in [0, 0.05) is 60.5 Å². The summed E-state index contributed by atoms with van der Waals surface area (Å²) in [5.41, 5.74) is 4.18. The zero-order valence-corrected chi connectivity index (χ0v) is 15.7. The lowest BCUT2D eigenvalue weighted by Gasteiger charge is -2.20. The van der Waals surface area contributed by atoms with E-state index in [1.807, 2.05) is 32.3 Å². The Bertz CT molecular complexity index is 931. The van der Waals surface area contributed by atoms with Crippen molar-refractivity contribution in [3.8, 4) is 10.6 Å². The molecule has 0 aliphatic heterocycles. The minimum Gasteiger partial charge on any atom is -0.352 e. The predicted molar refractivity (Wildman–Crippen MR) is 101 cm³/mol. The van der Waals surface area contributed by atoms with Gasteiger partial charge in [-0.1, -0.05) is 0 Å². The maximum absolute atomic E-state index is 12.6. The number of amides is 1. The van der Waals surface area contributed by atoms with Gasteiger partial charge in [-0.05, 0) is 31.9 Å². The molecule has 26 heavy (non-hydrogen) atoms. The van der Waals surface area contributed by atoms with E-state index < -0.39 is 0 Å². The fourth-order valence-corrected chi connectivity index (χ4v) is 4.48. The van der Waals surface area contributed by atoms with Gasteiger partial charge in [0.15, 0.2) is 0 Å². The van der Waals surface area contributed by atoms with Crippen molar-refractivity contribution in [1.29, 1.82) is 0 Å². The van der Waals surface area contributed by atoms with Gasteiger partial charge in [-0.2, -0.15) is 5.10 Å². The van der Waals surface area contributed by atoms with Crippen molar-refractivity contribution in [2.75, 3.05) is 0 Å². The Morgan fingerprint density at radius 3 is 2.92 bits per heavy atom. The number of pyridine rings is 1. The summed E-state index contributed by atoms with van der Waals surface area (Å²) in [4.78, 5) is 22.8. The van der Waals surface area contributed by atoms with E-state index >= 15 is 0 Å². The predicted octanol–water partition coefficient (Wildman–Crippen LogP) is 2.67. The van der Waals surface area contributed by atoms with Crippen LogP contribution in [0.4, 0.5) is 0 Å². The molecule has 0 saturated heterocycles. The van der Waals surface area contributed by atoms with Crippen molar-refractivity contribution in [3.63, 3.8) is 0 Å². The lowest BCUT2D eigenvalue weighted by Crippen LogP contribution is -2.33. The minimum absolute atomic E-state index is 0.00753. The summed E-state index contributed by atoms with van der Waals surface area (Å²) < 4.78 is 1.78. The van der Waals surface area contributed by atoms with Crippen LogP contribution < -0.4 is 5.32 Å². The zero-order chi connectivity index (χ0) is 18.1. The molecule has 134 valence electrons. The molecule has 1 aliphatic carbocycles. The topological polar surface area (TPSA) is 72.7 Å². The largest absolute Gasteiger partial charge is 0.352 e. The van der Waals surface area contributed by atoms with Crippen LogP contribution in [0.25, 0.3) is 10.6 Å². The van der Waals surface area contributed by atoms with E-state index in [0.717, 1.165) is 46.8 Å². The number of thiazole rings is 1. The lowest BCUT2D eigenvalue weighted by molar-refractivity contribution is -0.125. The number of nitrogens with one attached hydrogen (secondary N) is 1. The monoisotopic (exact) mass is 367 g/mol. The first-order valence-electron chi connectivity index (χ1n) is 8.76. The molecule has 0 saturated carbocycles. The highest BCUT2D eigenvalue weighted by Crippen LogP contribution is 2.34. The molecule has 1 unspecified atom stereocenters. The van der Waals surface area contributed by atoms with Gasteiger partial charge in [0.25, 0.3) is 0 Å². The van der Waals surface area contributed by atoms with E-state index in [1.165, 1.54) is 4.88 Å². The molecule has 0 fully saturated rings. The fraction of sp³-hybridized carbons (Fsp3) is 0.368. The van der Waals surface area contributed by atoms with Crippen LogP contribution in [0.5, 0.6) is 0 Å². The number of aromatic nitrogens is 4. The molecule has 0 aromatic carbocycles. The number of carbonyl (C=O) groups excluding carboxylic acids is 1. The molecule has 1 atom stereocenters. The summed E-state index contributed by atoms with van der Waals surface area (Å²) in [7, 11) is 1.89. The van der Waals surface area contributed by atoms with Crippen LogP contribution in [0, 0.1) is 12.8 Å². The van der Waals surface area contributed by atoms with Crippen molar-refractivity contribution in [2.45, 2.75) is 32.7 Å². The van der Waals surface area contributed by atoms with Gasteiger partial charge in [-0.15, -0.1) is 11.3 Å². The second kappa shape index (κ2) is 6.99. The van der Waals surface area contributed by atoms with E-state index in [1.54, 1.807) is 28.4 Å². The quantitative estimate of drug-likeness (QED) is 0.769. The van der Waals surface area contributed by atoms with E-state index in [-0.39, 0.29) is 11.8 Å². The molecule has 7 heteroatoms. The fourth-order valence-electron chi connectivity index (χ4n) is 3.37. The molecule has 1 amide bonds. The molecular weight excluding hydrogens is 346 g/mol. The number of rotatable bonds is 4. The summed E-state index contributed by atoms with van der Waals surface area (Å²) in [6.45, 7) is 2.49. The maximum Gasteiger partial charge on any atom is 0.223 e. The number of hydrogen-bond donors (Lipinski definition) is 1. The third-order valence-corrected chi connectivity index (χ3v) is 6.01. The SMILES string of the molecule is Cc1nn(C)cc1CNC(=O)C1CCc2sc(-c3ccncc3)nc2C1. The van der Waals surface area contributed by atoms with Gasteiger partial charge in [0.2, 0.25) is 5.91 Å². The molecule has 3 heterocycles. The summed E-state index contributed by atoms with van der Waals surface area (Å²) in [6, 6.07) is 3.95. The highest BCUT2D eigenvalue weighted by atomic mass is 32.1. The Labute approximate surface area is 156 Å². The molecule has 1 N–H and O–H groups in total. The van der Waals surface area contributed by atoms with Crippen LogP contribution in [0.1, 0.15) is 28.2 Å². The van der Waals surface area contributed by atoms with Crippen molar-refractivity contribution in [3.05, 3.63) is 52.6 Å². The molecule has 0 bridgehead atoms. The Hall–Kier alpha value is -2.54. The van der Waals surface area contributed by atoms with Gasteiger partial charge in [0.1, 0.15) is 5.01 Å². The van der Waals surface area contributed by atoms with Crippen molar-refractivity contribution in [1.82, 2.24) is 25.1 Å². The maximum atomic E-state index is 12.6. The van der Waals surface area contributed by atoms with Gasteiger partial charge in [-0.3, -0.25) is 14.5 Å². The Balaban J connectivity index is 1.42. The van der Waals surface area contributed by atoms with E-state index in [9.17, 15) is 4.79 Å². The second-order valence-electron chi connectivity index (χ2n) is 6.70. The normalized spacial score (nSPS) is 16.3. The van der Waals surface area contributed by atoms with Crippen LogP contribution in [0.15, 0.2) is 30.7 Å². The minimum atomic E-state index is -0.00753. The Kier molecular flexibility index (Phi) is 4.55. The third-order valence-electron chi connectivity index (χ3n) is 4.80. The standard InChI is InChI=1S/C19H21N5OS/c1-12-15(11-24(2)23-12)10-21-18(25)14-3-4-17-16(9-14)22-19(26-17)13-5-7-20-8-6-13/h5-8,11,14H,3-4,9-10H2,1-2H3,(H,21,25). The smallest absolute Gasteiger partial charge is 0.223 e. The lowest BCUT2D eigenvalue weighted by atomic mass is 9.90. The van der Waals surface area contributed by atoms with Crippen LogP contribution in [0.2, 0.25) is 0 Å². The van der Waals surface area contributed by atoms with Crippen LogP contribution in [-0.2, 0) is 31.2 Å². The van der Waals surface area contributed by atoms with Crippen molar-refractivity contribution in [2.24, 2.45) is 13.0 Å². The van der Waals surface area contributed by atoms with Crippen LogP contribution >= 0.6 is 11.3 Å². The van der Waals surface area contributed by atoms with Gasteiger partial charge in [-0.25, -0.2) is 4.98 Å². The third kappa shape index (κ3) is 3.39. The highest BCUT2D eigenvalue weighted by Gasteiger charge is 2.27. The molecule has 4 rings (SSSR count). The molecule has 3 aromatic rings. The Morgan fingerprint density at radius 2 is 2.19 bits per heavy atom. The molecule has 0 spiro atoms. The molecule has 3 aromatic heterocycles. The molecule has 0 radical (unpaired) electrons. The van der Waals surface area contributed by atoms with E-state index in [2.05, 4.69) is 15.4 Å². The average Bonchev–Trinajstić information content (AvgIpc) is 3.22. The summed E-state index contributed by atoms with van der Waals surface area (Å²) in [6.07, 6.45) is 8.04. The number of fused-ring (bicyclic) bond motifs is 1.